The maximum atomic E-state index is 13.9. The molecule has 1 aliphatic heterocycles. The van der Waals surface area contributed by atoms with Crippen LogP contribution in [-0.4, -0.2) is 61.1 Å². The van der Waals surface area contributed by atoms with Crippen LogP contribution in [0.15, 0.2) is 29.3 Å². The van der Waals surface area contributed by atoms with E-state index in [4.69, 9.17) is 9.47 Å². The summed E-state index contributed by atoms with van der Waals surface area (Å²) in [5, 5.41) is 5.65. The van der Waals surface area contributed by atoms with Crippen molar-refractivity contribution in [2.45, 2.75) is 77.3 Å². The smallest absolute Gasteiger partial charge is 0.427 e. The van der Waals surface area contributed by atoms with Crippen LogP contribution in [0.2, 0.25) is 0 Å². The van der Waals surface area contributed by atoms with Crippen molar-refractivity contribution in [2.24, 2.45) is 5.41 Å². The molecular formula is C25H31F5N4O7S. The molecule has 0 saturated heterocycles. The molecule has 1 aromatic carbocycles. The van der Waals surface area contributed by atoms with Crippen LogP contribution < -0.4 is 19.1 Å². The summed E-state index contributed by atoms with van der Waals surface area (Å²) in [6, 6.07) is 3.62. The molecule has 11 nitrogen and oxygen atoms in total. The number of ether oxygens (including phenoxy) is 3. The Kier molecular flexibility index (Phi) is 9.06. The van der Waals surface area contributed by atoms with Gasteiger partial charge in [0.1, 0.15) is 17.6 Å². The van der Waals surface area contributed by atoms with Gasteiger partial charge in [-0.2, -0.15) is 22.0 Å². The Morgan fingerprint density at radius 2 is 1.83 bits per heavy atom. The Balaban J connectivity index is 2.08. The van der Waals surface area contributed by atoms with Crippen molar-refractivity contribution in [3.63, 3.8) is 0 Å². The van der Waals surface area contributed by atoms with Gasteiger partial charge in [0, 0.05) is 11.1 Å². The third-order valence-corrected chi connectivity index (χ3v) is 8.34. The molecule has 0 radical (unpaired) electrons. The minimum absolute atomic E-state index is 0.0251. The minimum atomic E-state index is -4.87. The molecule has 0 saturated carbocycles. The highest BCUT2D eigenvalue weighted by Crippen LogP contribution is 2.42. The predicted molar refractivity (Wildman–Crippen MR) is 139 cm³/mol. The molecule has 1 atom stereocenters. The van der Waals surface area contributed by atoms with E-state index < -0.39 is 63.3 Å². The zero-order valence-corrected chi connectivity index (χ0v) is 24.4. The highest BCUT2D eigenvalue weighted by molar-refractivity contribution is 7.93. The van der Waals surface area contributed by atoms with Crippen molar-refractivity contribution >= 4 is 33.3 Å². The summed E-state index contributed by atoms with van der Waals surface area (Å²) >= 11 is 0. The predicted octanol–water partition coefficient (Wildman–Crippen LogP) is 5.53. The van der Waals surface area contributed by atoms with Gasteiger partial charge < -0.3 is 14.2 Å². The summed E-state index contributed by atoms with van der Waals surface area (Å²) in [5.74, 6) is -0.801. The number of fused-ring (bicyclic) bond motifs is 1. The SMILES string of the molecule is CCOc1nn(C(F)F)cc1S(=O)(=O)N1C[C@H](CC(C)(C)C(C)=O)Oc2ccc(NC(=O)OC(C)(C)C(F)(F)F)cc21. The number of anilines is 2. The first-order chi connectivity index (χ1) is 19.2. The molecule has 1 N–H and O–H groups in total. The largest absolute Gasteiger partial charge is 0.486 e. The zero-order chi connectivity index (χ0) is 31.8. The number of amides is 1. The van der Waals surface area contributed by atoms with Crippen molar-refractivity contribution in [3.05, 3.63) is 24.4 Å². The van der Waals surface area contributed by atoms with Gasteiger partial charge in [0.15, 0.2) is 4.90 Å². The number of ketones is 1. The van der Waals surface area contributed by atoms with E-state index in [-0.39, 0.29) is 40.6 Å². The number of sulfonamides is 1. The van der Waals surface area contributed by atoms with Crippen LogP contribution in [0, 0.1) is 5.41 Å². The van der Waals surface area contributed by atoms with Gasteiger partial charge in [-0.15, -0.1) is 5.10 Å². The molecule has 0 fully saturated rings. The fraction of sp³-hybridized carbons (Fsp3) is 0.560. The molecule has 17 heteroatoms. The molecule has 1 aromatic heterocycles. The van der Waals surface area contributed by atoms with Crippen molar-refractivity contribution in [2.75, 3.05) is 22.8 Å². The maximum Gasteiger partial charge on any atom is 0.427 e. The average molecular weight is 627 g/mol. The summed E-state index contributed by atoms with van der Waals surface area (Å²) in [7, 11) is -4.71. The lowest BCUT2D eigenvalue weighted by molar-refractivity contribution is -0.242. The maximum absolute atomic E-state index is 13.9. The molecular weight excluding hydrogens is 595 g/mol. The monoisotopic (exact) mass is 626 g/mol. The number of rotatable bonds is 10. The molecule has 0 aliphatic carbocycles. The molecule has 234 valence electrons. The van der Waals surface area contributed by atoms with E-state index in [9.17, 15) is 40.0 Å². The highest BCUT2D eigenvalue weighted by Gasteiger charge is 2.51. The molecule has 0 bridgehead atoms. The summed E-state index contributed by atoms with van der Waals surface area (Å²) in [6.07, 6.45) is -6.55. The van der Waals surface area contributed by atoms with Gasteiger partial charge in [0.2, 0.25) is 5.60 Å². The highest BCUT2D eigenvalue weighted by atomic mass is 32.2. The molecule has 2 aromatic rings. The Morgan fingerprint density at radius 1 is 1.19 bits per heavy atom. The lowest BCUT2D eigenvalue weighted by Crippen LogP contribution is -2.46. The van der Waals surface area contributed by atoms with Gasteiger partial charge in [-0.1, -0.05) is 13.8 Å². The Bertz CT molecular complexity index is 1440. The van der Waals surface area contributed by atoms with Crippen LogP contribution in [0.5, 0.6) is 11.6 Å². The van der Waals surface area contributed by atoms with Crippen molar-refractivity contribution in [1.82, 2.24) is 9.78 Å². The minimum Gasteiger partial charge on any atom is -0.486 e. The van der Waals surface area contributed by atoms with Gasteiger partial charge in [-0.05, 0) is 52.3 Å². The summed E-state index contributed by atoms with van der Waals surface area (Å²) < 4.78 is 111. The second-order valence-electron chi connectivity index (χ2n) is 10.6. The first-order valence-electron chi connectivity index (χ1n) is 12.6. The lowest BCUT2D eigenvalue weighted by Gasteiger charge is -2.38. The Hall–Kier alpha value is -3.63. The zero-order valence-electron chi connectivity index (χ0n) is 23.6. The molecule has 2 heterocycles. The summed E-state index contributed by atoms with van der Waals surface area (Å²) in [6.45, 7) is 3.79. The van der Waals surface area contributed by atoms with Crippen LogP contribution in [-0.2, 0) is 19.6 Å². The van der Waals surface area contributed by atoms with Gasteiger partial charge in [0.05, 0.1) is 25.0 Å². The van der Waals surface area contributed by atoms with Gasteiger partial charge in [-0.25, -0.2) is 17.9 Å². The van der Waals surface area contributed by atoms with E-state index in [2.05, 4.69) is 15.2 Å². The van der Waals surface area contributed by atoms with Crippen LogP contribution >= 0.6 is 0 Å². The van der Waals surface area contributed by atoms with E-state index in [1.54, 1.807) is 13.8 Å². The van der Waals surface area contributed by atoms with Gasteiger partial charge in [0.25, 0.3) is 15.9 Å². The van der Waals surface area contributed by atoms with Crippen LogP contribution in [0.1, 0.15) is 54.5 Å². The number of nitrogens with zero attached hydrogens (tertiary/aromatic N) is 3. The number of halogens is 5. The summed E-state index contributed by atoms with van der Waals surface area (Å²) in [4.78, 5) is 23.8. The van der Waals surface area contributed by atoms with Gasteiger partial charge in [-0.3, -0.25) is 14.4 Å². The topological polar surface area (TPSA) is 129 Å². The van der Waals surface area contributed by atoms with E-state index in [0.29, 0.717) is 20.0 Å². The number of hydrogen-bond donors (Lipinski definition) is 1. The van der Waals surface area contributed by atoms with Crippen LogP contribution in [0.3, 0.4) is 0 Å². The number of alkyl halides is 5. The number of aromatic nitrogens is 2. The second-order valence-corrected chi connectivity index (χ2v) is 12.4. The first kappa shape index (κ1) is 32.9. The third-order valence-electron chi connectivity index (χ3n) is 6.57. The molecule has 42 heavy (non-hydrogen) atoms. The van der Waals surface area contributed by atoms with Crippen LogP contribution in [0.25, 0.3) is 0 Å². The van der Waals surface area contributed by atoms with Crippen molar-refractivity contribution in [1.29, 1.82) is 0 Å². The quantitative estimate of drug-likeness (QED) is 0.341. The second kappa shape index (κ2) is 11.6. The Morgan fingerprint density at radius 3 is 2.38 bits per heavy atom. The Labute approximate surface area is 238 Å². The van der Waals surface area contributed by atoms with E-state index in [1.807, 2.05) is 0 Å². The molecule has 3 rings (SSSR count). The van der Waals surface area contributed by atoms with E-state index in [0.717, 1.165) is 10.4 Å². The number of hydrogen-bond acceptors (Lipinski definition) is 8. The fourth-order valence-corrected chi connectivity index (χ4v) is 5.42. The normalized spacial score (nSPS) is 16.1. The van der Waals surface area contributed by atoms with Crippen molar-refractivity contribution < 1.29 is 54.2 Å². The van der Waals surface area contributed by atoms with Gasteiger partial charge >= 0.3 is 18.8 Å². The number of carbonyl (C=O) groups is 2. The van der Waals surface area contributed by atoms with Crippen molar-refractivity contribution in [3.8, 4) is 11.6 Å². The first-order valence-corrected chi connectivity index (χ1v) is 14.0. The number of Topliss-reactive ketones (excluding diaryl/α,β-unsaturated/α-hetero) is 1. The number of carbonyl (C=O) groups excluding carboxylic acids is 2. The molecule has 1 amide bonds. The standard InChI is InChI=1S/C25H31F5N4O7S/c1-7-39-20-19(13-33(32-20)21(26)27)42(37,38)34-12-16(11-23(3,4)14(2)35)40-18-9-8-15(10-17(18)34)31-22(36)41-24(5,6)25(28,29)30/h8-10,13,16,21H,7,11-12H2,1-6H3,(H,31,36)/t16-/m0/s1. The number of nitrogens with one attached hydrogen (secondary N) is 1. The third kappa shape index (κ3) is 6.87. The number of benzene rings is 1. The van der Waals surface area contributed by atoms with E-state index >= 15 is 0 Å². The lowest BCUT2D eigenvalue weighted by atomic mass is 9.83. The summed E-state index contributed by atoms with van der Waals surface area (Å²) in [5.41, 5.74) is -4.09. The van der Waals surface area contributed by atoms with Crippen LogP contribution in [0.4, 0.5) is 38.1 Å². The molecule has 0 spiro atoms. The molecule has 0 unspecified atom stereocenters. The van der Waals surface area contributed by atoms with E-state index in [1.165, 1.54) is 26.0 Å². The average Bonchev–Trinajstić information content (AvgIpc) is 3.28. The molecule has 1 aliphatic rings. The fourth-order valence-electron chi connectivity index (χ4n) is 3.86.